The summed E-state index contributed by atoms with van der Waals surface area (Å²) in [7, 11) is -1.46. The van der Waals surface area contributed by atoms with Gasteiger partial charge in [0.05, 0.1) is 89.6 Å². The highest BCUT2D eigenvalue weighted by Crippen LogP contribution is 2.29. The minimum Gasteiger partial charge on any atom is -0.508 e. The zero-order valence-electron chi connectivity index (χ0n) is 57.3. The van der Waals surface area contributed by atoms with Gasteiger partial charge in [-0.05, 0) is 226 Å². The number of phenols is 3. The van der Waals surface area contributed by atoms with Crippen molar-refractivity contribution in [2.24, 2.45) is 0 Å². The molecule has 0 amide bonds. The fourth-order valence-corrected chi connectivity index (χ4v) is 11.1. The molecule has 0 aromatic heterocycles. The van der Waals surface area contributed by atoms with E-state index >= 15 is 0 Å². The second kappa shape index (κ2) is 47.5. The summed E-state index contributed by atoms with van der Waals surface area (Å²) in [6, 6.07) is 101. The molecule has 12 rings (SSSR count). The van der Waals surface area contributed by atoms with Gasteiger partial charge in [-0.25, -0.2) is 0 Å². The first-order valence-corrected chi connectivity index (χ1v) is 37.1. The predicted molar refractivity (Wildman–Crippen MR) is 435 cm³/mol. The van der Waals surface area contributed by atoms with E-state index in [4.69, 9.17) is 66.0 Å². The molecule has 0 spiro atoms. The van der Waals surface area contributed by atoms with E-state index in [1.807, 2.05) is 200 Å². The summed E-state index contributed by atoms with van der Waals surface area (Å²) >= 11 is 13.1. The molecule has 0 radical (unpaired) electrons. The minimum atomic E-state index is -1.46. The monoisotopic (exact) mass is 1650 g/mol. The van der Waals surface area contributed by atoms with Crippen LogP contribution in [0.5, 0.6) is 34.5 Å². The third-order valence-corrected chi connectivity index (χ3v) is 17.0. The Morgan fingerprint density at radius 1 is 0.274 bits per heavy atom. The first-order valence-electron chi connectivity index (χ1n) is 32.9. The van der Waals surface area contributed by atoms with Crippen molar-refractivity contribution >= 4 is 76.3 Å². The van der Waals surface area contributed by atoms with Crippen LogP contribution in [0.1, 0.15) is 52.6 Å². The van der Waals surface area contributed by atoms with E-state index in [0.717, 1.165) is 113 Å². The summed E-state index contributed by atoms with van der Waals surface area (Å²) in [5.74, 6) is 3.31. The van der Waals surface area contributed by atoms with Crippen LogP contribution in [0.3, 0.4) is 0 Å². The number of rotatable bonds is 18. The minimum absolute atomic E-state index is 0.247. The first kappa shape index (κ1) is 83.2. The lowest BCUT2D eigenvalue weighted by Gasteiger charge is -2.10. The van der Waals surface area contributed by atoms with E-state index in [1.165, 1.54) is 30.7 Å². The summed E-state index contributed by atoms with van der Waals surface area (Å²) in [4.78, 5) is 0. The molecule has 19 heteroatoms. The number of alkyl halides is 3. The lowest BCUT2D eigenvalue weighted by molar-refractivity contribution is 0.247. The zero-order valence-corrected chi connectivity index (χ0v) is 63.7. The molecule has 0 bridgehead atoms. The molecule has 106 heavy (non-hydrogen) atoms. The zero-order chi connectivity index (χ0) is 76.1. The van der Waals surface area contributed by atoms with Crippen LogP contribution in [0, 0.1) is 68.0 Å². The Hall–Kier alpha value is -11.7. The standard InChI is InChI=1S/C29H22N2O2.C16H14BrNO.2C13H9NO.C7H6BNO2.C6H5BrO.C3H6Br2/c30-20-22-5-9-24(10-6-22)25-13-15-28(16-14-25)32-17-2-18-33-29-4-1-3-27(19-29)26-11-7-23(21-31)8-12-26;17-10-1-11-19-16-8-6-15(7-9-16)14-4-2-13(12-18)3-5-14;14-9-10-1-3-11(4-2-10)12-5-7-13(15)8-6-12;14-9-10-4-6-11(7-5-10)12-2-1-3-13(15)8-12;9-5-6-1-3-7(4-2-6)8(10)11;7-5-2-1-3-6(8)4-5;4-2-1-3-5/h1,3-16,19H,2,17-18H2;2-9H,1,10-11H2;2*1-8,15H;1-4,10-11H;1-4,8H;1-3H2. The maximum atomic E-state index is 9.32. The van der Waals surface area contributed by atoms with Gasteiger partial charge in [-0.3, -0.25) is 0 Å². The molecule has 0 unspecified atom stereocenters. The highest BCUT2D eigenvalue weighted by atomic mass is 79.9. The Labute approximate surface area is 653 Å². The molecule has 0 aliphatic carbocycles. The van der Waals surface area contributed by atoms with Crippen molar-refractivity contribution in [1.82, 2.24) is 0 Å². The van der Waals surface area contributed by atoms with Gasteiger partial charge in [0.15, 0.2) is 0 Å². The van der Waals surface area contributed by atoms with Crippen molar-refractivity contribution < 1.29 is 39.6 Å². The number of nitrogens with zero attached hydrogens (tertiary/aromatic N) is 6. The van der Waals surface area contributed by atoms with Crippen molar-refractivity contribution in [3.8, 4) is 127 Å². The van der Waals surface area contributed by atoms with E-state index in [2.05, 4.69) is 94.1 Å². The lowest BCUT2D eigenvalue weighted by Crippen LogP contribution is -2.29. The molecule has 0 heterocycles. The molecular formula is C87H71BBr4N6O8. The summed E-state index contributed by atoms with van der Waals surface area (Å²) in [6.45, 7) is 1.84. The fourth-order valence-electron chi connectivity index (χ4n) is 9.22. The third-order valence-electron chi connectivity index (χ3n) is 14.8. The Bertz CT molecular complexity index is 4850. The summed E-state index contributed by atoms with van der Waals surface area (Å²) in [5.41, 5.74) is 14.6. The average Bonchev–Trinajstić information content (AvgIpc) is 0.884. The SMILES string of the molecule is BrCCCBr.N#Cc1ccc(-c2ccc(O)cc2)cc1.N#Cc1ccc(-c2ccc(OCCCBr)cc2)cc1.N#Cc1ccc(-c2ccc(OCCCOc3cccc(-c4ccc(C#N)cc4)c3)cc2)cc1.N#Cc1ccc(-c2cccc(O)c2)cc1.N#Cc1ccc(B(O)O)cc1.Oc1cccc(Br)c1. The van der Waals surface area contributed by atoms with Gasteiger partial charge in [-0.1, -0.05) is 203 Å². The van der Waals surface area contributed by atoms with Gasteiger partial charge in [-0.2, -0.15) is 31.6 Å². The summed E-state index contributed by atoms with van der Waals surface area (Å²) in [5, 5.41) is 100. The maximum Gasteiger partial charge on any atom is 0.488 e. The van der Waals surface area contributed by atoms with Gasteiger partial charge >= 0.3 is 7.12 Å². The van der Waals surface area contributed by atoms with Crippen LogP contribution in [0.25, 0.3) is 55.6 Å². The van der Waals surface area contributed by atoms with Gasteiger partial charge in [0.1, 0.15) is 34.5 Å². The largest absolute Gasteiger partial charge is 0.508 e. The quantitative estimate of drug-likeness (QED) is 0.0304. The van der Waals surface area contributed by atoms with Crippen LogP contribution in [-0.4, -0.2) is 68.3 Å². The Morgan fingerprint density at radius 2 is 0.557 bits per heavy atom. The molecule has 5 N–H and O–H groups in total. The second-order valence-electron chi connectivity index (χ2n) is 22.4. The fraction of sp³-hybridized carbons (Fsp3) is 0.103. The van der Waals surface area contributed by atoms with Gasteiger partial charge in [-0.15, -0.1) is 0 Å². The van der Waals surface area contributed by atoms with Crippen molar-refractivity contribution in [1.29, 1.82) is 31.6 Å². The van der Waals surface area contributed by atoms with Crippen molar-refractivity contribution in [3.63, 3.8) is 0 Å². The van der Waals surface area contributed by atoms with Crippen molar-refractivity contribution in [2.45, 2.75) is 19.3 Å². The Balaban J connectivity index is 0.000000208. The van der Waals surface area contributed by atoms with Crippen LogP contribution in [0.2, 0.25) is 0 Å². The number of ether oxygens (including phenoxy) is 3. The van der Waals surface area contributed by atoms with Crippen LogP contribution < -0.4 is 19.7 Å². The molecule has 0 fully saturated rings. The van der Waals surface area contributed by atoms with E-state index < -0.39 is 7.12 Å². The number of hydrogen-bond donors (Lipinski definition) is 5. The number of aromatic hydroxyl groups is 3. The number of hydrogen-bond acceptors (Lipinski definition) is 14. The van der Waals surface area contributed by atoms with Crippen molar-refractivity contribution in [3.05, 3.63) is 329 Å². The van der Waals surface area contributed by atoms with Gasteiger partial charge < -0.3 is 39.6 Å². The third kappa shape index (κ3) is 30.3. The molecule has 0 saturated heterocycles. The summed E-state index contributed by atoms with van der Waals surface area (Å²) < 4.78 is 18.2. The normalized spacial score (nSPS) is 9.62. The topological polar surface area (TPSA) is 272 Å². The second-order valence-corrected chi connectivity index (χ2v) is 25.7. The van der Waals surface area contributed by atoms with Crippen LogP contribution in [0.4, 0.5) is 0 Å². The summed E-state index contributed by atoms with van der Waals surface area (Å²) in [6.07, 6.45) is 2.98. The van der Waals surface area contributed by atoms with Gasteiger partial charge in [0, 0.05) is 26.9 Å². The van der Waals surface area contributed by atoms with E-state index in [0.29, 0.717) is 57.8 Å². The van der Waals surface area contributed by atoms with Crippen LogP contribution in [-0.2, 0) is 0 Å². The van der Waals surface area contributed by atoms with E-state index in [-0.39, 0.29) is 11.5 Å². The highest BCUT2D eigenvalue weighted by Gasteiger charge is 2.10. The Kier molecular flexibility index (Phi) is 37.3. The molecule has 12 aromatic carbocycles. The van der Waals surface area contributed by atoms with Crippen LogP contribution >= 0.6 is 63.7 Å². The Morgan fingerprint density at radius 3 is 0.858 bits per heavy atom. The predicted octanol–water partition coefficient (Wildman–Crippen LogP) is 20.4. The van der Waals surface area contributed by atoms with Crippen LogP contribution in [0.15, 0.2) is 296 Å². The van der Waals surface area contributed by atoms with Crippen molar-refractivity contribution in [2.75, 3.05) is 35.8 Å². The molecule has 14 nitrogen and oxygen atoms in total. The maximum absolute atomic E-state index is 9.32. The lowest BCUT2D eigenvalue weighted by atomic mass is 9.80. The molecular weight excluding hydrogens is 1590 g/mol. The number of benzene rings is 12. The van der Waals surface area contributed by atoms with E-state index in [1.54, 1.807) is 72.8 Å². The molecule has 528 valence electrons. The van der Waals surface area contributed by atoms with Gasteiger partial charge in [0.25, 0.3) is 0 Å². The molecule has 0 aliphatic heterocycles. The number of phenolic OH excluding ortho intramolecular Hbond substituents is 3. The number of halogens is 4. The highest BCUT2D eigenvalue weighted by molar-refractivity contribution is 9.10. The number of nitriles is 6. The molecule has 0 saturated carbocycles. The first-order chi connectivity index (χ1) is 51.6. The molecule has 12 aromatic rings. The van der Waals surface area contributed by atoms with E-state index in [9.17, 15) is 5.11 Å². The molecule has 0 atom stereocenters. The average molecular weight is 1660 g/mol. The molecule has 0 aliphatic rings. The smallest absolute Gasteiger partial charge is 0.488 e. The van der Waals surface area contributed by atoms with Gasteiger partial charge in [0.2, 0.25) is 0 Å².